The third-order valence-electron chi connectivity index (χ3n) is 4.44. The van der Waals surface area contributed by atoms with E-state index in [0.29, 0.717) is 17.5 Å². The van der Waals surface area contributed by atoms with E-state index in [0.717, 1.165) is 37.6 Å². The summed E-state index contributed by atoms with van der Waals surface area (Å²) in [5, 5.41) is 6.00. The van der Waals surface area contributed by atoms with Crippen LogP contribution in [0.1, 0.15) is 48.7 Å². The van der Waals surface area contributed by atoms with Crippen LogP contribution in [0.25, 0.3) is 0 Å². The summed E-state index contributed by atoms with van der Waals surface area (Å²) >= 11 is 1.51. The van der Waals surface area contributed by atoms with Crippen LogP contribution in [0.3, 0.4) is 0 Å². The zero-order valence-corrected chi connectivity index (χ0v) is 15.2. The number of thiazole rings is 1. The molecule has 2 heterocycles. The van der Waals surface area contributed by atoms with E-state index in [2.05, 4.69) is 54.5 Å². The van der Waals surface area contributed by atoms with Crippen LogP contribution in [0.5, 0.6) is 0 Å². The summed E-state index contributed by atoms with van der Waals surface area (Å²) in [7, 11) is 0. The zero-order chi connectivity index (χ0) is 16.9. The Morgan fingerprint density at radius 1 is 1.29 bits per heavy atom. The average molecular weight is 343 g/mol. The molecule has 1 aromatic heterocycles. The smallest absolute Gasteiger partial charge is 0.273 e. The molecular weight excluding hydrogens is 318 g/mol. The summed E-state index contributed by atoms with van der Waals surface area (Å²) < 4.78 is 0. The number of amides is 1. The van der Waals surface area contributed by atoms with Gasteiger partial charge in [0.05, 0.1) is 0 Å². The van der Waals surface area contributed by atoms with Gasteiger partial charge in [0, 0.05) is 25.0 Å². The van der Waals surface area contributed by atoms with E-state index in [-0.39, 0.29) is 5.91 Å². The maximum atomic E-state index is 12.6. The van der Waals surface area contributed by atoms with E-state index < -0.39 is 0 Å². The molecule has 1 aromatic carbocycles. The zero-order valence-electron chi connectivity index (χ0n) is 14.4. The monoisotopic (exact) mass is 343 g/mol. The first-order valence-electron chi connectivity index (χ1n) is 8.67. The van der Waals surface area contributed by atoms with Gasteiger partial charge >= 0.3 is 0 Å². The van der Waals surface area contributed by atoms with E-state index in [9.17, 15) is 4.79 Å². The number of carbonyl (C=O) groups is 1. The van der Waals surface area contributed by atoms with Crippen LogP contribution in [0.15, 0.2) is 35.7 Å². The number of hydrogen-bond acceptors (Lipinski definition) is 4. The number of benzene rings is 1. The summed E-state index contributed by atoms with van der Waals surface area (Å²) in [5.41, 5.74) is 1.96. The van der Waals surface area contributed by atoms with Crippen LogP contribution >= 0.6 is 11.3 Å². The third kappa shape index (κ3) is 4.15. The van der Waals surface area contributed by atoms with Crippen LogP contribution in [-0.2, 0) is 0 Å². The van der Waals surface area contributed by atoms with Crippen molar-refractivity contribution in [2.75, 3.05) is 25.0 Å². The number of nitrogens with zero attached hydrogens (tertiary/aromatic N) is 2. The SMILES string of the molecule is CC(C)CNc1nc(C(=O)N2CCC(c3ccccc3)CC2)cs1. The highest BCUT2D eigenvalue weighted by atomic mass is 32.1. The molecule has 1 fully saturated rings. The Labute approximate surface area is 147 Å². The number of hydrogen-bond donors (Lipinski definition) is 1. The minimum Gasteiger partial charge on any atom is -0.361 e. The first-order valence-corrected chi connectivity index (χ1v) is 9.55. The highest BCUT2D eigenvalue weighted by Gasteiger charge is 2.25. The van der Waals surface area contributed by atoms with E-state index in [1.54, 1.807) is 0 Å². The molecule has 0 unspecified atom stereocenters. The molecule has 1 N–H and O–H groups in total. The Bertz CT molecular complexity index is 660. The van der Waals surface area contributed by atoms with Gasteiger partial charge in [-0.05, 0) is 30.2 Å². The van der Waals surface area contributed by atoms with Crippen molar-refractivity contribution in [1.29, 1.82) is 0 Å². The Hall–Kier alpha value is -1.88. The van der Waals surface area contributed by atoms with Crippen molar-refractivity contribution in [1.82, 2.24) is 9.88 Å². The van der Waals surface area contributed by atoms with Crippen molar-refractivity contribution in [3.8, 4) is 0 Å². The fourth-order valence-corrected chi connectivity index (χ4v) is 3.74. The molecule has 5 heteroatoms. The molecule has 0 atom stereocenters. The van der Waals surface area contributed by atoms with Crippen molar-refractivity contribution in [3.63, 3.8) is 0 Å². The molecule has 1 aliphatic rings. The largest absolute Gasteiger partial charge is 0.361 e. The quantitative estimate of drug-likeness (QED) is 0.883. The molecule has 2 aromatic rings. The Morgan fingerprint density at radius 2 is 2.00 bits per heavy atom. The number of rotatable bonds is 5. The lowest BCUT2D eigenvalue weighted by molar-refractivity contribution is 0.0708. The van der Waals surface area contributed by atoms with E-state index in [4.69, 9.17) is 0 Å². The van der Waals surface area contributed by atoms with Gasteiger partial charge in [0.2, 0.25) is 0 Å². The molecule has 0 radical (unpaired) electrons. The van der Waals surface area contributed by atoms with Crippen LogP contribution in [-0.4, -0.2) is 35.4 Å². The molecule has 4 nitrogen and oxygen atoms in total. The summed E-state index contributed by atoms with van der Waals surface area (Å²) in [6, 6.07) is 10.6. The van der Waals surface area contributed by atoms with Gasteiger partial charge in [-0.3, -0.25) is 4.79 Å². The topological polar surface area (TPSA) is 45.2 Å². The maximum absolute atomic E-state index is 12.6. The van der Waals surface area contributed by atoms with Crippen LogP contribution in [0.2, 0.25) is 0 Å². The lowest BCUT2D eigenvalue weighted by Crippen LogP contribution is -2.38. The van der Waals surface area contributed by atoms with Crippen LogP contribution in [0.4, 0.5) is 5.13 Å². The summed E-state index contributed by atoms with van der Waals surface area (Å²) in [4.78, 5) is 19.0. The second-order valence-corrected chi connectivity index (χ2v) is 7.65. The third-order valence-corrected chi connectivity index (χ3v) is 5.24. The lowest BCUT2D eigenvalue weighted by Gasteiger charge is -2.31. The molecule has 1 aliphatic heterocycles. The van der Waals surface area contributed by atoms with Gasteiger partial charge in [-0.25, -0.2) is 4.98 Å². The van der Waals surface area contributed by atoms with Gasteiger partial charge in [0.15, 0.2) is 5.13 Å². The molecule has 0 bridgehead atoms. The predicted molar refractivity (Wildman–Crippen MR) is 99.8 cm³/mol. The van der Waals surface area contributed by atoms with Crippen molar-refractivity contribution in [3.05, 3.63) is 47.0 Å². The molecule has 128 valence electrons. The van der Waals surface area contributed by atoms with Crippen molar-refractivity contribution < 1.29 is 4.79 Å². The van der Waals surface area contributed by atoms with Gasteiger partial charge in [0.1, 0.15) is 5.69 Å². The fraction of sp³-hybridized carbons (Fsp3) is 0.474. The standard InChI is InChI=1S/C19H25N3OS/c1-14(2)12-20-19-21-17(13-24-19)18(23)22-10-8-16(9-11-22)15-6-4-3-5-7-15/h3-7,13-14,16H,8-12H2,1-2H3,(H,20,21). The van der Waals surface area contributed by atoms with E-state index in [1.165, 1.54) is 16.9 Å². The molecule has 0 spiro atoms. The first kappa shape index (κ1) is 17.0. The molecule has 24 heavy (non-hydrogen) atoms. The van der Waals surface area contributed by atoms with Crippen molar-refractivity contribution in [2.45, 2.75) is 32.6 Å². The van der Waals surface area contributed by atoms with E-state index in [1.807, 2.05) is 10.3 Å². The Balaban J connectivity index is 1.55. The van der Waals surface area contributed by atoms with Gasteiger partial charge < -0.3 is 10.2 Å². The van der Waals surface area contributed by atoms with E-state index >= 15 is 0 Å². The minimum atomic E-state index is 0.0651. The van der Waals surface area contributed by atoms with Crippen molar-refractivity contribution in [2.24, 2.45) is 5.92 Å². The number of carbonyl (C=O) groups excluding carboxylic acids is 1. The summed E-state index contributed by atoms with van der Waals surface area (Å²) in [5.74, 6) is 1.19. The second-order valence-electron chi connectivity index (χ2n) is 6.79. The van der Waals surface area contributed by atoms with Crippen LogP contribution in [0, 0.1) is 5.92 Å². The van der Waals surface area contributed by atoms with Gasteiger partial charge in [-0.1, -0.05) is 44.2 Å². The predicted octanol–water partition coefficient (Wildman–Crippen LogP) is 4.23. The molecule has 3 rings (SSSR count). The number of piperidine rings is 1. The summed E-state index contributed by atoms with van der Waals surface area (Å²) in [6.45, 7) is 6.81. The molecule has 0 saturated carbocycles. The average Bonchev–Trinajstić information content (AvgIpc) is 3.09. The maximum Gasteiger partial charge on any atom is 0.273 e. The van der Waals surface area contributed by atoms with Gasteiger partial charge in [0.25, 0.3) is 5.91 Å². The molecular formula is C19H25N3OS. The molecule has 1 amide bonds. The van der Waals surface area contributed by atoms with Gasteiger partial charge in [-0.2, -0.15) is 0 Å². The first-order chi connectivity index (χ1) is 11.6. The van der Waals surface area contributed by atoms with Crippen LogP contribution < -0.4 is 5.32 Å². The second kappa shape index (κ2) is 7.79. The Kier molecular flexibility index (Phi) is 5.51. The van der Waals surface area contributed by atoms with Gasteiger partial charge in [-0.15, -0.1) is 11.3 Å². The highest BCUT2D eigenvalue weighted by molar-refractivity contribution is 7.13. The molecule has 1 saturated heterocycles. The highest BCUT2D eigenvalue weighted by Crippen LogP contribution is 2.28. The number of likely N-dealkylation sites (tertiary alicyclic amines) is 1. The minimum absolute atomic E-state index is 0.0651. The normalized spacial score (nSPS) is 15.7. The number of aromatic nitrogens is 1. The van der Waals surface area contributed by atoms with Crippen molar-refractivity contribution >= 4 is 22.4 Å². The summed E-state index contributed by atoms with van der Waals surface area (Å²) in [6.07, 6.45) is 2.05. The lowest BCUT2D eigenvalue weighted by atomic mass is 9.89. The number of anilines is 1. The number of nitrogens with one attached hydrogen (secondary N) is 1. The molecule has 0 aliphatic carbocycles. The Morgan fingerprint density at radius 3 is 2.67 bits per heavy atom. The fourth-order valence-electron chi connectivity index (χ4n) is 3.05.